The number of carbonyl (C=O) groups excluding carboxylic acids is 2. The van der Waals surface area contributed by atoms with Crippen molar-refractivity contribution in [3.63, 3.8) is 0 Å². The second-order valence-electron chi connectivity index (χ2n) is 10.2. The van der Waals surface area contributed by atoms with Crippen LogP contribution in [0.15, 0.2) is 0 Å². The van der Waals surface area contributed by atoms with Crippen molar-refractivity contribution in [3.05, 3.63) is 0 Å². The molecule has 160 valence electrons. The molecule has 0 aliphatic rings. The lowest BCUT2D eigenvalue weighted by molar-refractivity contribution is -0.173. The van der Waals surface area contributed by atoms with Gasteiger partial charge in [-0.05, 0) is 67.2 Å². The van der Waals surface area contributed by atoms with Gasteiger partial charge in [0.1, 0.15) is 5.60 Å². The average Bonchev–Trinajstić information content (AvgIpc) is 2.42. The van der Waals surface area contributed by atoms with Gasteiger partial charge in [0, 0.05) is 12.3 Å². The van der Waals surface area contributed by atoms with Crippen molar-refractivity contribution in [3.8, 4) is 0 Å². The molecule has 0 spiro atoms. The third kappa shape index (κ3) is 7.44. The number of ether oxygens (including phenoxy) is 3. The monoisotopic (exact) mass is 386 g/mol. The van der Waals surface area contributed by atoms with Crippen LogP contribution in [-0.4, -0.2) is 36.4 Å². The molecule has 0 aliphatic heterocycles. The van der Waals surface area contributed by atoms with Crippen LogP contribution in [0.3, 0.4) is 0 Å². The van der Waals surface area contributed by atoms with Gasteiger partial charge < -0.3 is 14.2 Å². The summed E-state index contributed by atoms with van der Waals surface area (Å²) in [4.78, 5) is 23.5. The van der Waals surface area contributed by atoms with Gasteiger partial charge in [-0.25, -0.2) is 0 Å². The molecular formula is C22H42O5. The van der Waals surface area contributed by atoms with E-state index in [1.165, 1.54) is 14.0 Å². The molecule has 0 rings (SSSR count). The number of carbonyl (C=O) groups is 2. The van der Waals surface area contributed by atoms with E-state index < -0.39 is 16.6 Å². The molecule has 0 amide bonds. The van der Waals surface area contributed by atoms with Crippen molar-refractivity contribution in [2.75, 3.05) is 7.11 Å². The lowest BCUT2D eigenvalue weighted by Crippen LogP contribution is -2.46. The molecule has 0 heterocycles. The topological polar surface area (TPSA) is 61.8 Å². The molecule has 0 aliphatic carbocycles. The van der Waals surface area contributed by atoms with E-state index in [1.807, 2.05) is 34.6 Å². The first-order valence-electron chi connectivity index (χ1n) is 9.84. The number of hydrogen-bond acceptors (Lipinski definition) is 5. The van der Waals surface area contributed by atoms with E-state index in [0.29, 0.717) is 0 Å². The number of hydrogen-bond donors (Lipinski definition) is 0. The van der Waals surface area contributed by atoms with Crippen LogP contribution in [-0.2, 0) is 23.8 Å². The summed E-state index contributed by atoms with van der Waals surface area (Å²) >= 11 is 0. The molecule has 5 heteroatoms. The quantitative estimate of drug-likeness (QED) is 0.486. The van der Waals surface area contributed by atoms with Gasteiger partial charge in [-0.3, -0.25) is 9.59 Å². The molecule has 0 radical (unpaired) electrons. The van der Waals surface area contributed by atoms with E-state index in [4.69, 9.17) is 14.2 Å². The Balaban J connectivity index is 5.04. The zero-order valence-corrected chi connectivity index (χ0v) is 19.6. The molecule has 0 saturated heterocycles. The normalized spacial score (nSPS) is 15.9. The minimum absolute atomic E-state index is 0.0294. The molecule has 2 unspecified atom stereocenters. The van der Waals surface area contributed by atoms with Crippen molar-refractivity contribution >= 4 is 11.9 Å². The molecule has 0 aromatic rings. The highest BCUT2D eigenvalue weighted by atomic mass is 16.6. The predicted molar refractivity (Wildman–Crippen MR) is 108 cm³/mol. The zero-order chi connectivity index (χ0) is 21.8. The van der Waals surface area contributed by atoms with Crippen LogP contribution in [0.1, 0.15) is 89.0 Å². The first kappa shape index (κ1) is 25.9. The van der Waals surface area contributed by atoms with Gasteiger partial charge in [0.15, 0.2) is 0 Å². The van der Waals surface area contributed by atoms with Crippen LogP contribution >= 0.6 is 0 Å². The summed E-state index contributed by atoms with van der Waals surface area (Å²) in [6.45, 7) is 21.5. The van der Waals surface area contributed by atoms with Crippen molar-refractivity contribution in [2.45, 2.75) is 106 Å². The molecule has 0 aromatic carbocycles. The summed E-state index contributed by atoms with van der Waals surface area (Å²) < 4.78 is 16.8. The Kier molecular flexibility index (Phi) is 8.57. The summed E-state index contributed by atoms with van der Waals surface area (Å²) in [6, 6.07) is 0. The zero-order valence-electron chi connectivity index (χ0n) is 19.6. The van der Waals surface area contributed by atoms with Crippen LogP contribution in [0.25, 0.3) is 0 Å². The second kappa shape index (κ2) is 8.93. The standard InChI is InChI=1S/C22H42O5/c1-15(21(8,9)18(24)25-12)13-20(6,7)26-16(2)14-19(4,5)22(10,11)27-17(3)23/h15-16H,13-14H2,1-12H3. The highest BCUT2D eigenvalue weighted by Gasteiger charge is 2.43. The molecule has 2 atom stereocenters. The highest BCUT2D eigenvalue weighted by Crippen LogP contribution is 2.40. The smallest absolute Gasteiger partial charge is 0.311 e. The first-order chi connectivity index (χ1) is 11.9. The average molecular weight is 387 g/mol. The van der Waals surface area contributed by atoms with Gasteiger partial charge in [0.25, 0.3) is 0 Å². The Labute approximate surface area is 166 Å². The molecule has 27 heavy (non-hydrogen) atoms. The maximum absolute atomic E-state index is 12.1. The van der Waals surface area contributed by atoms with Crippen LogP contribution in [0.2, 0.25) is 0 Å². The fraction of sp³-hybridized carbons (Fsp3) is 0.909. The van der Waals surface area contributed by atoms with Crippen molar-refractivity contribution in [2.24, 2.45) is 16.7 Å². The van der Waals surface area contributed by atoms with Crippen molar-refractivity contribution in [1.29, 1.82) is 0 Å². The first-order valence-corrected chi connectivity index (χ1v) is 9.84. The van der Waals surface area contributed by atoms with E-state index in [9.17, 15) is 9.59 Å². The van der Waals surface area contributed by atoms with E-state index in [-0.39, 0.29) is 29.4 Å². The highest BCUT2D eigenvalue weighted by molar-refractivity contribution is 5.76. The van der Waals surface area contributed by atoms with E-state index in [2.05, 4.69) is 34.6 Å². The molecular weight excluding hydrogens is 344 g/mol. The van der Waals surface area contributed by atoms with Gasteiger partial charge in [-0.15, -0.1) is 0 Å². The van der Waals surface area contributed by atoms with E-state index in [1.54, 1.807) is 0 Å². The van der Waals surface area contributed by atoms with E-state index >= 15 is 0 Å². The number of rotatable bonds is 10. The van der Waals surface area contributed by atoms with Gasteiger partial charge in [0.05, 0.1) is 24.2 Å². The Morgan fingerprint density at radius 1 is 0.889 bits per heavy atom. The van der Waals surface area contributed by atoms with Gasteiger partial charge in [-0.1, -0.05) is 20.8 Å². The fourth-order valence-electron chi connectivity index (χ4n) is 3.55. The number of esters is 2. The summed E-state index contributed by atoms with van der Waals surface area (Å²) in [6.07, 6.45) is 1.44. The SMILES string of the molecule is COC(=O)C(C)(C)C(C)CC(C)(C)OC(C)CC(C)(C)C(C)(C)OC(C)=O. The third-order valence-electron chi connectivity index (χ3n) is 6.09. The summed E-state index contributed by atoms with van der Waals surface area (Å²) in [5.74, 6) is -0.387. The Hall–Kier alpha value is -1.10. The molecule has 0 fully saturated rings. The predicted octanol–water partition coefficient (Wildman–Crippen LogP) is 5.15. The van der Waals surface area contributed by atoms with E-state index in [0.717, 1.165) is 12.8 Å². The molecule has 0 N–H and O–H groups in total. The minimum atomic E-state index is -0.596. The molecule has 5 nitrogen and oxygen atoms in total. The minimum Gasteiger partial charge on any atom is -0.469 e. The molecule has 0 bridgehead atoms. The fourth-order valence-corrected chi connectivity index (χ4v) is 3.55. The molecule has 0 saturated carbocycles. The van der Waals surface area contributed by atoms with Crippen molar-refractivity contribution < 1.29 is 23.8 Å². The van der Waals surface area contributed by atoms with Crippen LogP contribution < -0.4 is 0 Å². The van der Waals surface area contributed by atoms with Gasteiger partial charge in [-0.2, -0.15) is 0 Å². The largest absolute Gasteiger partial charge is 0.469 e. The van der Waals surface area contributed by atoms with Crippen LogP contribution in [0, 0.1) is 16.7 Å². The second-order valence-corrected chi connectivity index (χ2v) is 10.2. The summed E-state index contributed by atoms with van der Waals surface area (Å²) in [7, 11) is 1.42. The van der Waals surface area contributed by atoms with Gasteiger partial charge in [0.2, 0.25) is 0 Å². The maximum Gasteiger partial charge on any atom is 0.311 e. The summed E-state index contributed by atoms with van der Waals surface area (Å²) in [5.41, 5.74) is -1.83. The van der Waals surface area contributed by atoms with Crippen LogP contribution in [0.4, 0.5) is 0 Å². The summed E-state index contributed by atoms with van der Waals surface area (Å²) in [5, 5.41) is 0. The lowest BCUT2D eigenvalue weighted by atomic mass is 9.73. The maximum atomic E-state index is 12.1. The number of methoxy groups -OCH3 is 1. The van der Waals surface area contributed by atoms with Gasteiger partial charge >= 0.3 is 11.9 Å². The molecule has 0 aromatic heterocycles. The lowest BCUT2D eigenvalue weighted by Gasteiger charge is -2.43. The Morgan fingerprint density at radius 2 is 1.37 bits per heavy atom. The van der Waals surface area contributed by atoms with Crippen molar-refractivity contribution in [1.82, 2.24) is 0 Å². The van der Waals surface area contributed by atoms with Crippen LogP contribution in [0.5, 0.6) is 0 Å². The Bertz CT molecular complexity index is 517. The Morgan fingerprint density at radius 3 is 1.78 bits per heavy atom. The third-order valence-corrected chi connectivity index (χ3v) is 6.09.